The highest BCUT2D eigenvalue weighted by Crippen LogP contribution is 2.18. The Hall–Kier alpha value is -2.21. The first kappa shape index (κ1) is 19.5. The van der Waals surface area contributed by atoms with Gasteiger partial charge < -0.3 is 9.80 Å². The summed E-state index contributed by atoms with van der Waals surface area (Å²) in [6.45, 7) is 6.88. The zero-order valence-electron chi connectivity index (χ0n) is 16.1. The van der Waals surface area contributed by atoms with Crippen molar-refractivity contribution >= 4 is 5.91 Å². The summed E-state index contributed by atoms with van der Waals surface area (Å²) in [5.74, 6) is 0.448. The number of halogens is 1. The van der Waals surface area contributed by atoms with Gasteiger partial charge >= 0.3 is 0 Å². The molecule has 0 aliphatic carbocycles. The zero-order valence-corrected chi connectivity index (χ0v) is 16.1. The lowest BCUT2D eigenvalue weighted by atomic mass is 9.97. The van der Waals surface area contributed by atoms with E-state index in [1.54, 1.807) is 23.0 Å². The molecule has 0 N–H and O–H groups in total. The highest BCUT2D eigenvalue weighted by Gasteiger charge is 2.23. The first-order valence-electron chi connectivity index (χ1n) is 9.86. The molecule has 2 heterocycles. The van der Waals surface area contributed by atoms with E-state index in [1.165, 1.54) is 6.07 Å². The summed E-state index contributed by atoms with van der Waals surface area (Å²) in [6.07, 6.45) is 6.68. The number of piperidine rings is 1. The van der Waals surface area contributed by atoms with Crippen LogP contribution in [0, 0.1) is 11.7 Å². The maximum Gasteiger partial charge on any atom is 0.244 e. The molecule has 1 atom stereocenters. The Morgan fingerprint density at radius 3 is 3.00 bits per heavy atom. The van der Waals surface area contributed by atoms with E-state index in [0.717, 1.165) is 57.5 Å². The lowest BCUT2D eigenvalue weighted by Crippen LogP contribution is -2.44. The number of carbonyl (C=O) groups excluding carboxylic acids is 1. The van der Waals surface area contributed by atoms with Gasteiger partial charge in [0.2, 0.25) is 5.91 Å². The van der Waals surface area contributed by atoms with Crippen molar-refractivity contribution < 1.29 is 9.18 Å². The Morgan fingerprint density at radius 2 is 2.26 bits per heavy atom. The van der Waals surface area contributed by atoms with Crippen LogP contribution in [-0.4, -0.2) is 58.2 Å². The minimum absolute atomic E-state index is 0.123. The van der Waals surface area contributed by atoms with E-state index in [1.807, 2.05) is 30.2 Å². The Kier molecular flexibility index (Phi) is 6.98. The smallest absolute Gasteiger partial charge is 0.244 e. The fraction of sp³-hybridized carbons (Fsp3) is 0.524. The van der Waals surface area contributed by atoms with Crippen molar-refractivity contribution in [3.63, 3.8) is 0 Å². The fourth-order valence-electron chi connectivity index (χ4n) is 3.83. The Balaban J connectivity index is 1.48. The molecule has 0 bridgehead atoms. The molecule has 1 aliphatic rings. The first-order valence-corrected chi connectivity index (χ1v) is 9.86. The summed E-state index contributed by atoms with van der Waals surface area (Å²) in [5.41, 5.74) is 1.04. The highest BCUT2D eigenvalue weighted by molar-refractivity contribution is 5.75. The summed E-state index contributed by atoms with van der Waals surface area (Å²) < 4.78 is 15.0. The molecule has 27 heavy (non-hydrogen) atoms. The third kappa shape index (κ3) is 5.89. The molecule has 0 radical (unpaired) electrons. The van der Waals surface area contributed by atoms with E-state index < -0.39 is 0 Å². The van der Waals surface area contributed by atoms with Crippen LogP contribution >= 0.6 is 0 Å². The monoisotopic (exact) mass is 372 g/mol. The van der Waals surface area contributed by atoms with Crippen LogP contribution in [0.3, 0.4) is 0 Å². The topological polar surface area (TPSA) is 41.4 Å². The van der Waals surface area contributed by atoms with Gasteiger partial charge in [-0.15, -0.1) is 0 Å². The van der Waals surface area contributed by atoms with Crippen LogP contribution < -0.4 is 0 Å². The SMILES string of the molecule is CCN(CC1CCCN(CCc2cccc(F)c2)C1)C(=O)Cn1cccn1. The number of amides is 1. The second kappa shape index (κ2) is 9.65. The average Bonchev–Trinajstić information content (AvgIpc) is 3.18. The maximum atomic E-state index is 13.3. The second-order valence-corrected chi connectivity index (χ2v) is 7.32. The van der Waals surface area contributed by atoms with Crippen molar-refractivity contribution in [2.45, 2.75) is 32.7 Å². The van der Waals surface area contributed by atoms with Gasteiger partial charge in [-0.3, -0.25) is 9.48 Å². The van der Waals surface area contributed by atoms with Gasteiger partial charge in [-0.2, -0.15) is 5.10 Å². The number of carbonyl (C=O) groups is 1. The van der Waals surface area contributed by atoms with Gasteiger partial charge in [-0.25, -0.2) is 4.39 Å². The molecule has 1 aromatic heterocycles. The van der Waals surface area contributed by atoms with Crippen LogP contribution in [0.25, 0.3) is 0 Å². The van der Waals surface area contributed by atoms with Crippen molar-refractivity contribution in [3.8, 4) is 0 Å². The van der Waals surface area contributed by atoms with Crippen molar-refractivity contribution in [2.75, 3.05) is 32.7 Å². The molecule has 2 aromatic rings. The third-order valence-corrected chi connectivity index (χ3v) is 5.28. The summed E-state index contributed by atoms with van der Waals surface area (Å²) in [7, 11) is 0. The predicted molar refractivity (Wildman–Crippen MR) is 104 cm³/mol. The first-order chi connectivity index (χ1) is 13.1. The second-order valence-electron chi connectivity index (χ2n) is 7.32. The van der Waals surface area contributed by atoms with Gasteiger partial charge in [0, 0.05) is 38.6 Å². The molecular formula is C21H29FN4O. The van der Waals surface area contributed by atoms with Gasteiger partial charge in [0.1, 0.15) is 12.4 Å². The van der Waals surface area contributed by atoms with Crippen molar-refractivity contribution in [3.05, 3.63) is 54.1 Å². The molecule has 1 saturated heterocycles. The molecular weight excluding hydrogens is 343 g/mol. The number of aromatic nitrogens is 2. The molecule has 6 heteroatoms. The number of likely N-dealkylation sites (N-methyl/N-ethyl adjacent to an activating group) is 1. The van der Waals surface area contributed by atoms with Gasteiger partial charge in [0.15, 0.2) is 0 Å². The Morgan fingerprint density at radius 1 is 1.37 bits per heavy atom. The van der Waals surface area contributed by atoms with Gasteiger partial charge in [-0.1, -0.05) is 12.1 Å². The van der Waals surface area contributed by atoms with Crippen LogP contribution in [0.4, 0.5) is 4.39 Å². The molecule has 1 amide bonds. The molecule has 0 spiro atoms. The Labute approximate surface area is 160 Å². The quantitative estimate of drug-likeness (QED) is 0.716. The van der Waals surface area contributed by atoms with Gasteiger partial charge in [-0.05, 0) is 62.4 Å². The van der Waals surface area contributed by atoms with Gasteiger partial charge in [0.05, 0.1) is 0 Å². The Bertz CT molecular complexity index is 719. The zero-order chi connectivity index (χ0) is 19.1. The van der Waals surface area contributed by atoms with Crippen LogP contribution in [0.15, 0.2) is 42.7 Å². The molecule has 0 saturated carbocycles. The largest absolute Gasteiger partial charge is 0.341 e. The maximum absolute atomic E-state index is 13.3. The molecule has 146 valence electrons. The normalized spacial score (nSPS) is 17.8. The number of hydrogen-bond donors (Lipinski definition) is 0. The summed E-state index contributed by atoms with van der Waals surface area (Å²) >= 11 is 0. The van der Waals surface area contributed by atoms with Gasteiger partial charge in [0.25, 0.3) is 0 Å². The van der Waals surface area contributed by atoms with E-state index in [9.17, 15) is 9.18 Å². The number of rotatable bonds is 8. The molecule has 3 rings (SSSR count). The lowest BCUT2D eigenvalue weighted by Gasteiger charge is -2.35. The van der Waals surface area contributed by atoms with E-state index >= 15 is 0 Å². The standard InChI is InChI=1S/C21H29FN4O/c1-2-25(21(27)17-26-12-5-10-23-26)16-19-7-4-11-24(15-19)13-9-18-6-3-8-20(22)14-18/h3,5-6,8,10,12,14,19H,2,4,7,9,11,13,15-17H2,1H3. The fourth-order valence-corrected chi connectivity index (χ4v) is 3.83. The van der Waals surface area contributed by atoms with E-state index in [0.29, 0.717) is 12.5 Å². The summed E-state index contributed by atoms with van der Waals surface area (Å²) in [5, 5.41) is 4.13. The van der Waals surface area contributed by atoms with Crippen LogP contribution in [0.2, 0.25) is 0 Å². The molecule has 1 aromatic carbocycles. The van der Waals surface area contributed by atoms with Crippen molar-refractivity contribution in [1.82, 2.24) is 19.6 Å². The number of likely N-dealkylation sites (tertiary alicyclic amines) is 1. The van der Waals surface area contributed by atoms with Crippen LogP contribution in [0.5, 0.6) is 0 Å². The third-order valence-electron chi connectivity index (χ3n) is 5.28. The average molecular weight is 372 g/mol. The number of benzene rings is 1. The van der Waals surface area contributed by atoms with Crippen molar-refractivity contribution in [1.29, 1.82) is 0 Å². The lowest BCUT2D eigenvalue weighted by molar-refractivity contribution is -0.132. The van der Waals surface area contributed by atoms with E-state index in [4.69, 9.17) is 0 Å². The predicted octanol–water partition coefficient (Wildman–Crippen LogP) is 2.83. The minimum atomic E-state index is -0.168. The summed E-state index contributed by atoms with van der Waals surface area (Å²) in [4.78, 5) is 17.0. The summed E-state index contributed by atoms with van der Waals surface area (Å²) in [6, 6.07) is 8.70. The van der Waals surface area contributed by atoms with E-state index in [2.05, 4.69) is 10.00 Å². The minimum Gasteiger partial charge on any atom is -0.341 e. The molecule has 1 fully saturated rings. The molecule has 1 unspecified atom stereocenters. The number of nitrogens with zero attached hydrogens (tertiary/aromatic N) is 4. The van der Waals surface area contributed by atoms with Crippen LogP contribution in [0.1, 0.15) is 25.3 Å². The number of hydrogen-bond acceptors (Lipinski definition) is 3. The van der Waals surface area contributed by atoms with E-state index in [-0.39, 0.29) is 11.7 Å². The molecule has 1 aliphatic heterocycles. The highest BCUT2D eigenvalue weighted by atomic mass is 19.1. The molecule has 5 nitrogen and oxygen atoms in total. The van der Waals surface area contributed by atoms with Crippen LogP contribution in [-0.2, 0) is 17.8 Å². The van der Waals surface area contributed by atoms with Crippen molar-refractivity contribution in [2.24, 2.45) is 5.92 Å².